The van der Waals surface area contributed by atoms with Gasteiger partial charge < -0.3 is 5.32 Å². The van der Waals surface area contributed by atoms with Crippen molar-refractivity contribution in [3.05, 3.63) is 64.2 Å². The van der Waals surface area contributed by atoms with Gasteiger partial charge in [0, 0.05) is 21.1 Å². The largest absolute Gasteiger partial charge is 0.331 e. The smallest absolute Gasteiger partial charge is 0.187 e. The number of hydrogen-bond acceptors (Lipinski definition) is 3. The molecule has 100 valence electrons. The monoisotopic (exact) mass is 348 g/mol. The van der Waals surface area contributed by atoms with E-state index in [2.05, 4.69) is 26.2 Å². The van der Waals surface area contributed by atoms with Crippen molar-refractivity contribution in [3.8, 4) is 11.3 Å². The molecule has 3 aromatic rings. The second-order valence-corrected chi connectivity index (χ2v) is 5.96. The van der Waals surface area contributed by atoms with Crippen LogP contribution in [0.3, 0.4) is 0 Å². The van der Waals surface area contributed by atoms with Crippen molar-refractivity contribution < 1.29 is 4.39 Å². The number of nitrogens with one attached hydrogen (secondary N) is 1. The molecule has 5 heteroatoms. The van der Waals surface area contributed by atoms with Gasteiger partial charge in [-0.15, -0.1) is 11.3 Å². The zero-order valence-electron chi connectivity index (χ0n) is 10.3. The third kappa shape index (κ3) is 3.05. The number of hydrogen-bond donors (Lipinski definition) is 1. The summed E-state index contributed by atoms with van der Waals surface area (Å²) in [4.78, 5) is 4.51. The Kier molecular flexibility index (Phi) is 3.80. The first kappa shape index (κ1) is 13.3. The van der Waals surface area contributed by atoms with Crippen molar-refractivity contribution >= 4 is 38.1 Å². The molecule has 0 radical (unpaired) electrons. The van der Waals surface area contributed by atoms with Crippen molar-refractivity contribution in [2.24, 2.45) is 0 Å². The van der Waals surface area contributed by atoms with Crippen LogP contribution in [0.2, 0.25) is 0 Å². The molecule has 2 aromatic carbocycles. The molecule has 2 nitrogen and oxygen atoms in total. The minimum Gasteiger partial charge on any atom is -0.331 e. The summed E-state index contributed by atoms with van der Waals surface area (Å²) in [6.07, 6.45) is 0. The topological polar surface area (TPSA) is 24.9 Å². The molecule has 0 saturated carbocycles. The highest BCUT2D eigenvalue weighted by atomic mass is 79.9. The van der Waals surface area contributed by atoms with E-state index in [1.165, 1.54) is 23.5 Å². The standard InChI is InChI=1S/C15H10BrFN2S/c16-11-4-1-3-10(7-11)14-9-20-15(19-14)18-13-6-2-5-12(17)8-13/h1-9H,(H,18,19). The average molecular weight is 349 g/mol. The molecule has 0 amide bonds. The summed E-state index contributed by atoms with van der Waals surface area (Å²) in [5, 5.41) is 5.82. The molecular weight excluding hydrogens is 339 g/mol. The van der Waals surface area contributed by atoms with E-state index in [9.17, 15) is 4.39 Å². The second kappa shape index (κ2) is 5.73. The molecule has 0 aliphatic rings. The molecule has 20 heavy (non-hydrogen) atoms. The van der Waals surface area contributed by atoms with Crippen LogP contribution in [0.4, 0.5) is 15.2 Å². The minimum atomic E-state index is -0.265. The van der Waals surface area contributed by atoms with E-state index in [4.69, 9.17) is 0 Å². The molecule has 1 aromatic heterocycles. The van der Waals surface area contributed by atoms with Crippen LogP contribution in [0.5, 0.6) is 0 Å². The lowest BCUT2D eigenvalue weighted by atomic mass is 10.2. The maximum atomic E-state index is 13.1. The summed E-state index contributed by atoms with van der Waals surface area (Å²) >= 11 is 4.94. The highest BCUT2D eigenvalue weighted by Crippen LogP contribution is 2.28. The van der Waals surface area contributed by atoms with Gasteiger partial charge in [0.05, 0.1) is 5.69 Å². The number of aromatic nitrogens is 1. The summed E-state index contributed by atoms with van der Waals surface area (Å²) in [5.74, 6) is -0.265. The molecule has 3 rings (SSSR count). The molecule has 0 aliphatic heterocycles. The van der Waals surface area contributed by atoms with Gasteiger partial charge >= 0.3 is 0 Å². The van der Waals surface area contributed by atoms with E-state index in [0.29, 0.717) is 5.69 Å². The van der Waals surface area contributed by atoms with E-state index < -0.39 is 0 Å². The van der Waals surface area contributed by atoms with Crippen LogP contribution in [-0.2, 0) is 0 Å². The van der Waals surface area contributed by atoms with Crippen molar-refractivity contribution in [2.45, 2.75) is 0 Å². The summed E-state index contributed by atoms with van der Waals surface area (Å²) in [6.45, 7) is 0. The van der Waals surface area contributed by atoms with E-state index >= 15 is 0 Å². The molecule has 0 atom stereocenters. The number of thiazole rings is 1. The van der Waals surface area contributed by atoms with Crippen LogP contribution in [0.1, 0.15) is 0 Å². The number of rotatable bonds is 3. The fourth-order valence-electron chi connectivity index (χ4n) is 1.80. The SMILES string of the molecule is Fc1cccc(Nc2nc(-c3cccc(Br)c3)cs2)c1. The molecule has 0 spiro atoms. The van der Waals surface area contributed by atoms with Gasteiger partial charge in [-0.2, -0.15) is 0 Å². The van der Waals surface area contributed by atoms with Crippen LogP contribution in [-0.4, -0.2) is 4.98 Å². The molecule has 0 unspecified atom stereocenters. The average Bonchev–Trinajstić information content (AvgIpc) is 2.87. The van der Waals surface area contributed by atoms with Gasteiger partial charge in [0.1, 0.15) is 5.82 Å². The van der Waals surface area contributed by atoms with E-state index in [-0.39, 0.29) is 5.82 Å². The first-order chi connectivity index (χ1) is 9.70. The summed E-state index contributed by atoms with van der Waals surface area (Å²) in [6, 6.07) is 14.3. The van der Waals surface area contributed by atoms with Crippen LogP contribution >= 0.6 is 27.3 Å². The molecule has 0 aliphatic carbocycles. The Labute approximate surface area is 128 Å². The van der Waals surface area contributed by atoms with Gasteiger partial charge in [0.25, 0.3) is 0 Å². The van der Waals surface area contributed by atoms with Gasteiger partial charge in [0.15, 0.2) is 5.13 Å². The predicted octanol–water partition coefficient (Wildman–Crippen LogP) is 5.46. The normalized spacial score (nSPS) is 10.5. The first-order valence-electron chi connectivity index (χ1n) is 5.95. The fourth-order valence-corrected chi connectivity index (χ4v) is 2.94. The zero-order chi connectivity index (χ0) is 13.9. The van der Waals surface area contributed by atoms with Crippen LogP contribution < -0.4 is 5.32 Å². The quantitative estimate of drug-likeness (QED) is 0.680. The predicted molar refractivity (Wildman–Crippen MR) is 84.9 cm³/mol. The Morgan fingerprint density at radius 1 is 1.10 bits per heavy atom. The molecule has 0 fully saturated rings. The summed E-state index contributed by atoms with van der Waals surface area (Å²) < 4.78 is 14.1. The van der Waals surface area contributed by atoms with Crippen molar-refractivity contribution in [1.82, 2.24) is 4.98 Å². The highest BCUT2D eigenvalue weighted by Gasteiger charge is 2.05. The number of anilines is 2. The molecule has 1 heterocycles. The third-order valence-corrected chi connectivity index (χ3v) is 3.95. The number of nitrogens with zero attached hydrogens (tertiary/aromatic N) is 1. The fraction of sp³-hybridized carbons (Fsp3) is 0. The number of halogens is 2. The highest BCUT2D eigenvalue weighted by molar-refractivity contribution is 9.10. The first-order valence-corrected chi connectivity index (χ1v) is 7.62. The summed E-state index contributed by atoms with van der Waals surface area (Å²) in [7, 11) is 0. The Morgan fingerprint density at radius 3 is 2.75 bits per heavy atom. The Balaban J connectivity index is 1.84. The van der Waals surface area contributed by atoms with Gasteiger partial charge in [0.2, 0.25) is 0 Å². The molecule has 0 bridgehead atoms. The third-order valence-electron chi connectivity index (χ3n) is 2.70. The van der Waals surface area contributed by atoms with Gasteiger partial charge in [-0.3, -0.25) is 0 Å². The van der Waals surface area contributed by atoms with E-state index in [1.54, 1.807) is 6.07 Å². The number of benzene rings is 2. The minimum absolute atomic E-state index is 0.265. The molecule has 1 N–H and O–H groups in total. The van der Waals surface area contributed by atoms with Gasteiger partial charge in [-0.05, 0) is 30.3 Å². The Bertz CT molecular complexity index is 742. The Hall–Kier alpha value is -1.72. The lowest BCUT2D eigenvalue weighted by molar-refractivity contribution is 0.628. The molecular formula is C15H10BrFN2S. The van der Waals surface area contributed by atoms with Crippen molar-refractivity contribution in [1.29, 1.82) is 0 Å². The van der Waals surface area contributed by atoms with Gasteiger partial charge in [-0.25, -0.2) is 9.37 Å². The zero-order valence-corrected chi connectivity index (χ0v) is 12.7. The van der Waals surface area contributed by atoms with Crippen LogP contribution in [0.15, 0.2) is 58.4 Å². The van der Waals surface area contributed by atoms with Crippen molar-refractivity contribution in [2.75, 3.05) is 5.32 Å². The van der Waals surface area contributed by atoms with Crippen LogP contribution in [0, 0.1) is 5.82 Å². The maximum Gasteiger partial charge on any atom is 0.187 e. The van der Waals surface area contributed by atoms with E-state index in [1.807, 2.05) is 35.7 Å². The lowest BCUT2D eigenvalue weighted by Crippen LogP contribution is -1.90. The maximum absolute atomic E-state index is 13.1. The van der Waals surface area contributed by atoms with Crippen LogP contribution in [0.25, 0.3) is 11.3 Å². The summed E-state index contributed by atoms with van der Waals surface area (Å²) in [5.41, 5.74) is 2.64. The van der Waals surface area contributed by atoms with Gasteiger partial charge in [-0.1, -0.05) is 34.1 Å². The molecule has 0 saturated heterocycles. The van der Waals surface area contributed by atoms with Crippen molar-refractivity contribution in [3.63, 3.8) is 0 Å². The lowest BCUT2D eigenvalue weighted by Gasteiger charge is -2.02. The Morgan fingerprint density at radius 2 is 1.95 bits per heavy atom. The van der Waals surface area contributed by atoms with E-state index in [0.717, 1.165) is 20.9 Å². The second-order valence-electron chi connectivity index (χ2n) is 4.18.